The van der Waals surface area contributed by atoms with Crippen LogP contribution in [0, 0.1) is 0 Å². The van der Waals surface area contributed by atoms with Crippen molar-refractivity contribution in [2.24, 2.45) is 0 Å². The molecule has 0 spiro atoms. The van der Waals surface area contributed by atoms with Crippen LogP contribution in [0.15, 0.2) is 72.9 Å². The quantitative estimate of drug-likeness (QED) is 0.0262. The fourth-order valence-electron chi connectivity index (χ4n) is 8.11. The molecule has 0 saturated carbocycles. The monoisotopic (exact) mass is 949 g/mol. The number of hydrogen-bond donors (Lipinski definition) is 0. The largest absolute Gasteiger partial charge is 0.462 e. The minimum Gasteiger partial charge on any atom is -0.462 e. The highest BCUT2D eigenvalue weighted by Gasteiger charge is 2.19. The Kier molecular flexibility index (Phi) is 53.8. The average Bonchev–Trinajstić information content (AvgIpc) is 3.34. The van der Waals surface area contributed by atoms with Crippen LogP contribution in [0.3, 0.4) is 0 Å². The zero-order valence-corrected chi connectivity index (χ0v) is 44.9. The molecule has 0 heterocycles. The van der Waals surface area contributed by atoms with Gasteiger partial charge in [-0.1, -0.05) is 248 Å². The lowest BCUT2D eigenvalue weighted by Gasteiger charge is -2.18. The van der Waals surface area contributed by atoms with E-state index in [0.717, 1.165) is 109 Å². The second-order valence-corrected chi connectivity index (χ2v) is 19.2. The van der Waals surface area contributed by atoms with Crippen molar-refractivity contribution in [3.63, 3.8) is 0 Å². The zero-order chi connectivity index (χ0) is 49.3. The number of rotatable bonds is 52. The third kappa shape index (κ3) is 53.8. The summed E-state index contributed by atoms with van der Waals surface area (Å²) in [5.41, 5.74) is 0. The van der Waals surface area contributed by atoms with Crippen molar-refractivity contribution < 1.29 is 28.6 Å². The van der Waals surface area contributed by atoms with E-state index in [-0.39, 0.29) is 31.1 Å². The van der Waals surface area contributed by atoms with Gasteiger partial charge in [0.15, 0.2) is 6.10 Å². The Bertz CT molecular complexity index is 1270. The first-order chi connectivity index (χ1) is 33.5. The van der Waals surface area contributed by atoms with E-state index >= 15 is 0 Å². The Balaban J connectivity index is 4.42. The molecule has 1 atom stereocenters. The van der Waals surface area contributed by atoms with Crippen LogP contribution in [-0.4, -0.2) is 37.2 Å². The second-order valence-electron chi connectivity index (χ2n) is 19.2. The van der Waals surface area contributed by atoms with E-state index in [9.17, 15) is 14.4 Å². The summed E-state index contributed by atoms with van der Waals surface area (Å²) in [6.45, 7) is 6.50. The molecule has 68 heavy (non-hydrogen) atoms. The molecule has 6 nitrogen and oxygen atoms in total. The predicted molar refractivity (Wildman–Crippen MR) is 293 cm³/mol. The molecule has 0 aliphatic heterocycles. The first-order valence-electron chi connectivity index (χ1n) is 28.9. The van der Waals surface area contributed by atoms with Crippen LogP contribution in [0.4, 0.5) is 0 Å². The highest BCUT2D eigenvalue weighted by Crippen LogP contribution is 2.16. The van der Waals surface area contributed by atoms with Gasteiger partial charge in [-0.3, -0.25) is 14.4 Å². The molecule has 0 aliphatic rings. The van der Waals surface area contributed by atoms with E-state index < -0.39 is 6.10 Å². The maximum atomic E-state index is 12.9. The lowest BCUT2D eigenvalue weighted by Crippen LogP contribution is -2.30. The number of unbranched alkanes of at least 4 members (excludes halogenated alkanes) is 29. The van der Waals surface area contributed by atoms with Gasteiger partial charge in [-0.05, 0) is 89.9 Å². The van der Waals surface area contributed by atoms with Crippen molar-refractivity contribution in [1.82, 2.24) is 0 Å². The van der Waals surface area contributed by atoms with Gasteiger partial charge in [0.25, 0.3) is 0 Å². The molecule has 6 heteroatoms. The summed E-state index contributed by atoms with van der Waals surface area (Å²) in [6, 6.07) is 0. The molecule has 392 valence electrons. The van der Waals surface area contributed by atoms with Crippen LogP contribution in [0.1, 0.15) is 284 Å². The van der Waals surface area contributed by atoms with E-state index in [4.69, 9.17) is 14.2 Å². The van der Waals surface area contributed by atoms with E-state index in [1.807, 2.05) is 0 Å². The normalized spacial score (nSPS) is 12.6. The molecular formula is C62H108O6. The zero-order valence-electron chi connectivity index (χ0n) is 44.9. The highest BCUT2D eigenvalue weighted by molar-refractivity contribution is 5.71. The molecule has 0 saturated heterocycles. The molecule has 0 bridgehead atoms. The molecular weight excluding hydrogens is 841 g/mol. The molecule has 0 aromatic carbocycles. The van der Waals surface area contributed by atoms with Crippen LogP contribution < -0.4 is 0 Å². The van der Waals surface area contributed by atoms with E-state index in [1.54, 1.807) is 0 Å². The predicted octanol–water partition coefficient (Wildman–Crippen LogP) is 19.4. The number of carbonyl (C=O) groups is 3. The van der Waals surface area contributed by atoms with E-state index in [0.29, 0.717) is 19.3 Å². The number of ether oxygens (including phenoxy) is 3. The number of hydrogen-bond acceptors (Lipinski definition) is 6. The van der Waals surface area contributed by atoms with Crippen molar-refractivity contribution in [2.45, 2.75) is 290 Å². The lowest BCUT2D eigenvalue weighted by molar-refractivity contribution is -0.167. The summed E-state index contributed by atoms with van der Waals surface area (Å²) >= 11 is 0. The van der Waals surface area contributed by atoms with Crippen LogP contribution in [0.5, 0.6) is 0 Å². The van der Waals surface area contributed by atoms with Gasteiger partial charge in [-0.2, -0.15) is 0 Å². The summed E-state index contributed by atoms with van der Waals surface area (Å²) in [7, 11) is 0. The first kappa shape index (κ1) is 64.8. The van der Waals surface area contributed by atoms with Gasteiger partial charge in [0.05, 0.1) is 0 Å². The Morgan fingerprint density at radius 3 is 0.926 bits per heavy atom. The van der Waals surface area contributed by atoms with Crippen molar-refractivity contribution >= 4 is 17.9 Å². The fraction of sp³-hybridized carbons (Fsp3) is 0.758. The molecule has 0 aromatic heterocycles. The van der Waals surface area contributed by atoms with Crippen molar-refractivity contribution in [3.8, 4) is 0 Å². The molecule has 0 N–H and O–H groups in total. The van der Waals surface area contributed by atoms with Crippen LogP contribution in [0.25, 0.3) is 0 Å². The fourth-order valence-corrected chi connectivity index (χ4v) is 8.11. The lowest BCUT2D eigenvalue weighted by atomic mass is 10.0. The smallest absolute Gasteiger partial charge is 0.306 e. The maximum Gasteiger partial charge on any atom is 0.306 e. The van der Waals surface area contributed by atoms with Crippen LogP contribution in [0.2, 0.25) is 0 Å². The van der Waals surface area contributed by atoms with Gasteiger partial charge in [-0.15, -0.1) is 0 Å². The van der Waals surface area contributed by atoms with E-state index in [2.05, 4.69) is 93.7 Å². The highest BCUT2D eigenvalue weighted by atomic mass is 16.6. The standard InChI is InChI=1S/C62H108O6/c1-4-7-10-13-16-19-22-25-27-29-31-33-34-37-40-43-46-49-52-55-61(64)67-58-59(57-66-60(63)54-51-48-45-42-39-36-24-21-18-15-12-9-6-3)68-62(65)56-53-50-47-44-41-38-35-32-30-28-26-23-20-17-14-11-8-5-2/h7,10,16,19,25,27,31,33,36-37,39-40,59H,4-6,8-9,11-15,17-18,20-24,26,28-30,32,34-35,38,41-58H2,1-3H3/b10-7-,19-16-,27-25-,33-31-,39-36-,40-37-. The van der Waals surface area contributed by atoms with Crippen molar-refractivity contribution in [1.29, 1.82) is 0 Å². The summed E-state index contributed by atoms with van der Waals surface area (Å²) in [5.74, 6) is -0.929. The van der Waals surface area contributed by atoms with Gasteiger partial charge < -0.3 is 14.2 Å². The van der Waals surface area contributed by atoms with Crippen LogP contribution in [-0.2, 0) is 28.6 Å². The molecule has 0 fully saturated rings. The Morgan fingerprint density at radius 1 is 0.309 bits per heavy atom. The molecule has 0 aromatic rings. The van der Waals surface area contributed by atoms with Gasteiger partial charge >= 0.3 is 17.9 Å². The summed E-state index contributed by atoms with van der Waals surface area (Å²) in [6.07, 6.45) is 71.8. The molecule has 0 aliphatic carbocycles. The molecule has 0 amide bonds. The number of esters is 3. The Hall–Kier alpha value is -3.15. The van der Waals surface area contributed by atoms with Gasteiger partial charge in [0.1, 0.15) is 13.2 Å². The summed E-state index contributed by atoms with van der Waals surface area (Å²) < 4.78 is 16.8. The third-order valence-corrected chi connectivity index (χ3v) is 12.4. The van der Waals surface area contributed by atoms with Crippen molar-refractivity contribution in [3.05, 3.63) is 72.9 Å². The summed E-state index contributed by atoms with van der Waals surface area (Å²) in [5, 5.41) is 0. The minimum absolute atomic E-state index is 0.0919. The number of carbonyl (C=O) groups excluding carboxylic acids is 3. The average molecular weight is 950 g/mol. The van der Waals surface area contributed by atoms with Gasteiger partial charge in [0.2, 0.25) is 0 Å². The topological polar surface area (TPSA) is 78.9 Å². The first-order valence-corrected chi connectivity index (χ1v) is 28.9. The minimum atomic E-state index is -0.793. The third-order valence-electron chi connectivity index (χ3n) is 12.4. The van der Waals surface area contributed by atoms with Gasteiger partial charge in [-0.25, -0.2) is 0 Å². The van der Waals surface area contributed by atoms with Crippen molar-refractivity contribution in [2.75, 3.05) is 13.2 Å². The van der Waals surface area contributed by atoms with E-state index in [1.165, 1.54) is 135 Å². The molecule has 0 radical (unpaired) electrons. The van der Waals surface area contributed by atoms with Gasteiger partial charge in [0, 0.05) is 19.3 Å². The maximum absolute atomic E-state index is 12.9. The molecule has 0 rings (SSSR count). The Morgan fingerprint density at radius 2 is 0.574 bits per heavy atom. The molecule has 1 unspecified atom stereocenters. The SMILES string of the molecule is CC/C=C\C/C=C\C/C=C\C/C=C\C/C=C\CCCCCC(=O)OCC(COC(=O)CCCCC/C=C\CCCCCCCC)OC(=O)CCCCCCCCCCCCCCCCCCCC. The summed E-state index contributed by atoms with van der Waals surface area (Å²) in [4.78, 5) is 38.1. The van der Waals surface area contributed by atoms with Crippen LogP contribution >= 0.6 is 0 Å². The second kappa shape index (κ2) is 56.4. The number of allylic oxidation sites excluding steroid dienone is 12. The Labute approximate surface area is 421 Å².